The molecule has 2 aromatic rings. The number of benzene rings is 2. The van der Waals surface area contributed by atoms with Crippen LogP contribution in [0.3, 0.4) is 0 Å². The van der Waals surface area contributed by atoms with E-state index in [1.54, 1.807) is 12.1 Å². The molecule has 0 unspecified atom stereocenters. The predicted octanol–water partition coefficient (Wildman–Crippen LogP) is 5.15. The molecule has 0 N–H and O–H groups in total. The van der Waals surface area contributed by atoms with Crippen molar-refractivity contribution in [2.75, 3.05) is 0 Å². The summed E-state index contributed by atoms with van der Waals surface area (Å²) in [6.45, 7) is 1.92. The molecule has 0 spiro atoms. The van der Waals surface area contributed by atoms with Gasteiger partial charge in [-0.1, -0.05) is 42.3 Å². The Hall–Kier alpha value is -1.60. The summed E-state index contributed by atoms with van der Waals surface area (Å²) in [4.78, 5) is 12.4. The molecule has 1 fully saturated rings. The van der Waals surface area contributed by atoms with Gasteiger partial charge in [-0.15, -0.1) is 0 Å². The normalized spacial score (nSPS) is 14.9. The molecule has 2 aromatic carbocycles. The average molecular weight is 285 g/mol. The van der Waals surface area contributed by atoms with Crippen LogP contribution in [0.1, 0.15) is 52.2 Å². The molecule has 0 aromatic heterocycles. The minimum Gasteiger partial charge on any atom is -0.289 e. The summed E-state index contributed by atoms with van der Waals surface area (Å²) in [5.74, 6) is 0.766. The molecule has 0 amide bonds. The third kappa shape index (κ3) is 2.51. The van der Waals surface area contributed by atoms with Crippen LogP contribution in [0.25, 0.3) is 0 Å². The van der Waals surface area contributed by atoms with Gasteiger partial charge in [0.15, 0.2) is 5.78 Å². The highest BCUT2D eigenvalue weighted by molar-refractivity contribution is 6.31. The fourth-order valence-corrected chi connectivity index (χ4v) is 2.72. The van der Waals surface area contributed by atoms with Crippen molar-refractivity contribution in [3.05, 3.63) is 69.7 Å². The Kier molecular flexibility index (Phi) is 3.62. The zero-order chi connectivity index (χ0) is 14.1. The molecule has 0 aliphatic heterocycles. The van der Waals surface area contributed by atoms with Gasteiger partial charge in [-0.3, -0.25) is 4.79 Å². The van der Waals surface area contributed by atoms with E-state index in [0.717, 1.165) is 11.1 Å². The van der Waals surface area contributed by atoms with Crippen molar-refractivity contribution in [3.63, 3.8) is 0 Å². The second kappa shape index (κ2) is 5.41. The fourth-order valence-electron chi connectivity index (χ4n) is 2.60. The average Bonchev–Trinajstić information content (AvgIpc) is 2.40. The van der Waals surface area contributed by atoms with Gasteiger partial charge in [0.2, 0.25) is 0 Å². The molecule has 1 aliphatic carbocycles. The molecule has 0 saturated heterocycles. The molecule has 20 heavy (non-hydrogen) atoms. The van der Waals surface area contributed by atoms with Crippen molar-refractivity contribution in [2.45, 2.75) is 32.1 Å². The first-order chi connectivity index (χ1) is 9.65. The Labute approximate surface area is 124 Å². The maximum absolute atomic E-state index is 12.4. The van der Waals surface area contributed by atoms with E-state index in [2.05, 4.69) is 12.1 Å². The fraction of sp³-hybridized carbons (Fsp3) is 0.278. The summed E-state index contributed by atoms with van der Waals surface area (Å²) >= 11 is 6.00. The van der Waals surface area contributed by atoms with Gasteiger partial charge in [-0.25, -0.2) is 0 Å². The number of carbonyl (C=O) groups is 1. The van der Waals surface area contributed by atoms with Crippen LogP contribution >= 0.6 is 11.6 Å². The summed E-state index contributed by atoms with van der Waals surface area (Å²) in [6, 6.07) is 13.5. The number of hydrogen-bond acceptors (Lipinski definition) is 1. The van der Waals surface area contributed by atoms with Gasteiger partial charge in [0.25, 0.3) is 0 Å². The third-order valence-electron chi connectivity index (χ3n) is 4.17. The summed E-state index contributed by atoms with van der Waals surface area (Å²) in [5.41, 5.74) is 3.74. The van der Waals surface area contributed by atoms with Gasteiger partial charge in [-0.2, -0.15) is 0 Å². The molecular formula is C18H17ClO. The highest BCUT2D eigenvalue weighted by atomic mass is 35.5. The molecular weight excluding hydrogens is 268 g/mol. The van der Waals surface area contributed by atoms with Crippen molar-refractivity contribution < 1.29 is 4.79 Å². The Morgan fingerprint density at radius 3 is 2.25 bits per heavy atom. The van der Waals surface area contributed by atoms with E-state index in [1.807, 2.05) is 25.1 Å². The lowest BCUT2D eigenvalue weighted by molar-refractivity contribution is 0.103. The lowest BCUT2D eigenvalue weighted by Gasteiger charge is -2.25. The van der Waals surface area contributed by atoms with Crippen molar-refractivity contribution in [2.24, 2.45) is 0 Å². The van der Waals surface area contributed by atoms with Crippen LogP contribution in [0.4, 0.5) is 0 Å². The van der Waals surface area contributed by atoms with E-state index in [-0.39, 0.29) is 5.78 Å². The minimum atomic E-state index is 0.0601. The lowest BCUT2D eigenvalue weighted by Crippen LogP contribution is -2.09. The van der Waals surface area contributed by atoms with E-state index >= 15 is 0 Å². The highest BCUT2D eigenvalue weighted by Gasteiger charge is 2.19. The topological polar surface area (TPSA) is 17.1 Å². The first kappa shape index (κ1) is 13.4. The summed E-state index contributed by atoms with van der Waals surface area (Å²) in [6.07, 6.45) is 3.89. The van der Waals surface area contributed by atoms with Crippen molar-refractivity contribution >= 4 is 17.4 Å². The van der Waals surface area contributed by atoms with E-state index < -0.39 is 0 Å². The highest BCUT2D eigenvalue weighted by Crippen LogP contribution is 2.36. The van der Waals surface area contributed by atoms with Gasteiger partial charge < -0.3 is 0 Å². The monoisotopic (exact) mass is 284 g/mol. The molecule has 0 bridgehead atoms. The molecule has 0 atom stereocenters. The van der Waals surface area contributed by atoms with Gasteiger partial charge in [0.1, 0.15) is 0 Å². The van der Waals surface area contributed by atoms with E-state index in [1.165, 1.54) is 24.8 Å². The van der Waals surface area contributed by atoms with Crippen molar-refractivity contribution in [1.82, 2.24) is 0 Å². The maximum Gasteiger partial charge on any atom is 0.193 e. The standard InChI is InChI=1S/C18H17ClO/c1-12-11-16(9-10-17(12)19)18(20)15-7-5-14(6-8-15)13-3-2-4-13/h5-11,13H,2-4H2,1H3. The molecule has 0 heterocycles. The molecule has 3 rings (SSSR count). The molecule has 0 radical (unpaired) electrons. The molecule has 2 heteroatoms. The number of carbonyl (C=O) groups excluding carboxylic acids is 1. The number of rotatable bonds is 3. The summed E-state index contributed by atoms with van der Waals surface area (Å²) in [5, 5.41) is 0.696. The van der Waals surface area contributed by atoms with Gasteiger partial charge >= 0.3 is 0 Å². The second-order valence-electron chi connectivity index (χ2n) is 5.54. The van der Waals surface area contributed by atoms with E-state index in [4.69, 9.17) is 11.6 Å². The predicted molar refractivity (Wildman–Crippen MR) is 82.7 cm³/mol. The van der Waals surface area contributed by atoms with Crippen LogP contribution in [-0.4, -0.2) is 5.78 Å². The Bertz CT molecular complexity index is 639. The van der Waals surface area contributed by atoms with Crippen LogP contribution in [0.15, 0.2) is 42.5 Å². The maximum atomic E-state index is 12.4. The van der Waals surface area contributed by atoms with Gasteiger partial charge in [0.05, 0.1) is 0 Å². The van der Waals surface area contributed by atoms with Gasteiger partial charge in [0, 0.05) is 16.1 Å². The number of halogens is 1. The van der Waals surface area contributed by atoms with Crippen LogP contribution in [-0.2, 0) is 0 Å². The zero-order valence-corrected chi connectivity index (χ0v) is 12.3. The molecule has 1 nitrogen and oxygen atoms in total. The molecule has 1 aliphatic rings. The zero-order valence-electron chi connectivity index (χ0n) is 11.5. The van der Waals surface area contributed by atoms with E-state index in [0.29, 0.717) is 16.5 Å². The Balaban J connectivity index is 1.84. The lowest BCUT2D eigenvalue weighted by atomic mass is 9.80. The summed E-state index contributed by atoms with van der Waals surface area (Å²) < 4.78 is 0. The first-order valence-electron chi connectivity index (χ1n) is 7.06. The molecule has 102 valence electrons. The van der Waals surface area contributed by atoms with Crippen LogP contribution in [0.2, 0.25) is 5.02 Å². The molecule has 1 saturated carbocycles. The second-order valence-corrected chi connectivity index (χ2v) is 5.95. The van der Waals surface area contributed by atoms with Crippen LogP contribution < -0.4 is 0 Å². The Morgan fingerprint density at radius 2 is 1.70 bits per heavy atom. The van der Waals surface area contributed by atoms with Gasteiger partial charge in [-0.05, 0) is 55.0 Å². The number of aryl methyl sites for hydroxylation is 1. The number of hydrogen-bond donors (Lipinski definition) is 0. The van der Waals surface area contributed by atoms with E-state index in [9.17, 15) is 4.79 Å². The minimum absolute atomic E-state index is 0.0601. The van der Waals surface area contributed by atoms with Crippen molar-refractivity contribution in [1.29, 1.82) is 0 Å². The Morgan fingerprint density at radius 1 is 1.05 bits per heavy atom. The third-order valence-corrected chi connectivity index (χ3v) is 4.59. The quantitative estimate of drug-likeness (QED) is 0.713. The van der Waals surface area contributed by atoms with Crippen LogP contribution in [0, 0.1) is 6.92 Å². The van der Waals surface area contributed by atoms with Crippen molar-refractivity contribution in [3.8, 4) is 0 Å². The smallest absolute Gasteiger partial charge is 0.193 e. The number of ketones is 1. The largest absolute Gasteiger partial charge is 0.289 e. The van der Waals surface area contributed by atoms with Crippen LogP contribution in [0.5, 0.6) is 0 Å². The first-order valence-corrected chi connectivity index (χ1v) is 7.44. The summed E-state index contributed by atoms with van der Waals surface area (Å²) in [7, 11) is 0. The SMILES string of the molecule is Cc1cc(C(=O)c2ccc(C3CCC3)cc2)ccc1Cl.